The van der Waals surface area contributed by atoms with E-state index in [0.29, 0.717) is 17.5 Å². The van der Waals surface area contributed by atoms with Crippen LogP contribution in [0.4, 0.5) is 0 Å². The van der Waals surface area contributed by atoms with Gasteiger partial charge in [-0.1, -0.05) is 20.3 Å². The van der Waals surface area contributed by atoms with E-state index in [2.05, 4.69) is 25.2 Å². The van der Waals surface area contributed by atoms with E-state index in [4.69, 9.17) is 9.47 Å². The Labute approximate surface area is 121 Å². The highest BCUT2D eigenvalue weighted by atomic mass is 16.5. The number of rotatable bonds is 3. The molecule has 2 atom stereocenters. The highest BCUT2D eigenvalue weighted by molar-refractivity contribution is 5.43. The lowest BCUT2D eigenvalue weighted by molar-refractivity contribution is 0.210. The Bertz CT molecular complexity index is 484. The van der Waals surface area contributed by atoms with E-state index in [0.717, 1.165) is 24.5 Å². The lowest BCUT2D eigenvalue weighted by Gasteiger charge is -2.35. The lowest BCUT2D eigenvalue weighted by Crippen LogP contribution is -2.41. The Morgan fingerprint density at radius 1 is 1.30 bits per heavy atom. The summed E-state index contributed by atoms with van der Waals surface area (Å²) in [5.74, 6) is 1.91. The number of hydrogen-bond donors (Lipinski definition) is 1. The number of nitrogens with one attached hydrogen (secondary N) is 1. The first-order valence-corrected chi connectivity index (χ1v) is 7.67. The average molecular weight is 275 g/mol. The molecule has 110 valence electrons. The van der Waals surface area contributed by atoms with Crippen LogP contribution in [0, 0.1) is 5.41 Å². The van der Waals surface area contributed by atoms with Gasteiger partial charge in [0.05, 0.1) is 13.7 Å². The molecule has 2 aliphatic rings. The Morgan fingerprint density at radius 3 is 2.85 bits per heavy atom. The molecule has 2 unspecified atom stereocenters. The van der Waals surface area contributed by atoms with Gasteiger partial charge in [-0.2, -0.15) is 0 Å². The molecule has 0 amide bonds. The van der Waals surface area contributed by atoms with Crippen molar-refractivity contribution in [1.82, 2.24) is 5.32 Å². The zero-order valence-electron chi connectivity index (χ0n) is 12.7. The van der Waals surface area contributed by atoms with Crippen molar-refractivity contribution in [3.63, 3.8) is 0 Å². The van der Waals surface area contributed by atoms with Gasteiger partial charge in [0.25, 0.3) is 0 Å². The second kappa shape index (κ2) is 5.28. The number of ether oxygens (including phenoxy) is 2. The Hall–Kier alpha value is -1.22. The van der Waals surface area contributed by atoms with E-state index in [1.165, 1.54) is 24.8 Å². The number of fused-ring (bicyclic) bond motifs is 1. The van der Waals surface area contributed by atoms with Crippen molar-refractivity contribution in [1.29, 1.82) is 0 Å². The fourth-order valence-corrected chi connectivity index (χ4v) is 3.55. The largest absolute Gasteiger partial charge is 0.497 e. The summed E-state index contributed by atoms with van der Waals surface area (Å²) in [6.45, 7) is 5.55. The third kappa shape index (κ3) is 2.51. The van der Waals surface area contributed by atoms with Crippen LogP contribution in [0.25, 0.3) is 0 Å². The van der Waals surface area contributed by atoms with Crippen molar-refractivity contribution in [2.24, 2.45) is 5.41 Å². The summed E-state index contributed by atoms with van der Waals surface area (Å²) in [7, 11) is 1.72. The van der Waals surface area contributed by atoms with Crippen LogP contribution < -0.4 is 14.8 Å². The molecule has 1 fully saturated rings. The second-order valence-electron chi connectivity index (χ2n) is 6.69. The lowest BCUT2D eigenvalue weighted by atomic mass is 9.86. The van der Waals surface area contributed by atoms with Gasteiger partial charge in [0.2, 0.25) is 0 Å². The molecule has 0 radical (unpaired) electrons. The predicted octanol–water partition coefficient (Wildman–Crippen LogP) is 3.69. The summed E-state index contributed by atoms with van der Waals surface area (Å²) in [6.07, 6.45) is 4.97. The second-order valence-corrected chi connectivity index (χ2v) is 6.69. The average Bonchev–Trinajstić information content (AvgIpc) is 2.78. The molecule has 20 heavy (non-hydrogen) atoms. The van der Waals surface area contributed by atoms with Crippen molar-refractivity contribution < 1.29 is 9.47 Å². The molecule has 1 aliphatic heterocycles. The van der Waals surface area contributed by atoms with Crippen molar-refractivity contribution in [2.75, 3.05) is 13.7 Å². The number of benzene rings is 1. The van der Waals surface area contributed by atoms with Gasteiger partial charge in [0.15, 0.2) is 0 Å². The first-order valence-electron chi connectivity index (χ1n) is 7.67. The van der Waals surface area contributed by atoms with Crippen molar-refractivity contribution in [2.45, 2.75) is 51.6 Å². The highest BCUT2D eigenvalue weighted by Gasteiger charge is 2.36. The smallest absolute Gasteiger partial charge is 0.124 e. The van der Waals surface area contributed by atoms with Crippen LogP contribution in [-0.2, 0) is 0 Å². The fourth-order valence-electron chi connectivity index (χ4n) is 3.55. The molecule has 3 heteroatoms. The molecule has 1 aromatic rings. The summed E-state index contributed by atoms with van der Waals surface area (Å²) >= 11 is 0. The van der Waals surface area contributed by atoms with Gasteiger partial charge in [-0.15, -0.1) is 0 Å². The molecule has 3 nitrogen and oxygen atoms in total. The fraction of sp³-hybridized carbons (Fsp3) is 0.647. The summed E-state index contributed by atoms with van der Waals surface area (Å²) in [5, 5.41) is 3.88. The minimum absolute atomic E-state index is 0.385. The molecule has 1 aromatic carbocycles. The zero-order valence-corrected chi connectivity index (χ0v) is 12.7. The SMILES string of the molecule is COc1ccc2c(c1)C(NC1CCCC1(C)C)CCO2. The van der Waals surface area contributed by atoms with Crippen LogP contribution in [0.5, 0.6) is 11.5 Å². The van der Waals surface area contributed by atoms with E-state index >= 15 is 0 Å². The molecular formula is C17H25NO2. The molecule has 0 bridgehead atoms. The Morgan fingerprint density at radius 2 is 2.15 bits per heavy atom. The van der Waals surface area contributed by atoms with Gasteiger partial charge in [-0.3, -0.25) is 0 Å². The summed E-state index contributed by atoms with van der Waals surface area (Å²) in [5.41, 5.74) is 1.65. The molecule has 1 N–H and O–H groups in total. The maximum Gasteiger partial charge on any atom is 0.124 e. The van der Waals surface area contributed by atoms with Gasteiger partial charge in [-0.25, -0.2) is 0 Å². The van der Waals surface area contributed by atoms with E-state index < -0.39 is 0 Å². The molecule has 1 saturated carbocycles. The standard InChI is InChI=1S/C17H25NO2/c1-17(2)9-4-5-16(17)18-14-8-10-20-15-7-6-12(19-3)11-13(14)15/h6-7,11,14,16,18H,4-5,8-10H2,1-3H3. The van der Waals surface area contributed by atoms with E-state index in [9.17, 15) is 0 Å². The molecular weight excluding hydrogens is 250 g/mol. The van der Waals surface area contributed by atoms with Crippen LogP contribution in [0.1, 0.15) is 51.1 Å². The topological polar surface area (TPSA) is 30.5 Å². The summed E-state index contributed by atoms with van der Waals surface area (Å²) < 4.78 is 11.1. The van der Waals surface area contributed by atoms with Gasteiger partial charge < -0.3 is 14.8 Å². The molecule has 3 rings (SSSR count). The minimum Gasteiger partial charge on any atom is -0.497 e. The minimum atomic E-state index is 0.385. The van der Waals surface area contributed by atoms with E-state index in [1.54, 1.807) is 7.11 Å². The van der Waals surface area contributed by atoms with E-state index in [-0.39, 0.29) is 0 Å². The molecule has 1 aliphatic carbocycles. The van der Waals surface area contributed by atoms with Crippen molar-refractivity contribution in [3.8, 4) is 11.5 Å². The Balaban J connectivity index is 1.82. The first kappa shape index (κ1) is 13.7. The first-order chi connectivity index (χ1) is 9.60. The van der Waals surface area contributed by atoms with Crippen LogP contribution in [0.3, 0.4) is 0 Å². The number of hydrogen-bond acceptors (Lipinski definition) is 3. The van der Waals surface area contributed by atoms with Crippen molar-refractivity contribution in [3.05, 3.63) is 23.8 Å². The quantitative estimate of drug-likeness (QED) is 0.912. The van der Waals surface area contributed by atoms with Gasteiger partial charge in [0, 0.05) is 24.1 Å². The van der Waals surface area contributed by atoms with Crippen molar-refractivity contribution >= 4 is 0 Å². The monoisotopic (exact) mass is 275 g/mol. The zero-order chi connectivity index (χ0) is 14.2. The maximum absolute atomic E-state index is 5.77. The predicted molar refractivity (Wildman–Crippen MR) is 80.4 cm³/mol. The Kier molecular flexibility index (Phi) is 3.63. The molecule has 0 aromatic heterocycles. The van der Waals surface area contributed by atoms with Crippen LogP contribution in [0.15, 0.2) is 18.2 Å². The summed E-state index contributed by atoms with van der Waals surface area (Å²) in [4.78, 5) is 0. The molecule has 0 saturated heterocycles. The third-order valence-corrected chi connectivity index (χ3v) is 4.92. The summed E-state index contributed by atoms with van der Waals surface area (Å²) in [6, 6.07) is 7.11. The van der Waals surface area contributed by atoms with Gasteiger partial charge >= 0.3 is 0 Å². The third-order valence-electron chi connectivity index (χ3n) is 4.92. The normalized spacial score (nSPS) is 27.8. The van der Waals surface area contributed by atoms with Crippen LogP contribution >= 0.6 is 0 Å². The number of methoxy groups -OCH3 is 1. The molecule has 1 heterocycles. The van der Waals surface area contributed by atoms with Gasteiger partial charge in [0.1, 0.15) is 11.5 Å². The highest BCUT2D eigenvalue weighted by Crippen LogP contribution is 2.41. The van der Waals surface area contributed by atoms with E-state index in [1.807, 2.05) is 12.1 Å². The van der Waals surface area contributed by atoms with Crippen LogP contribution in [0.2, 0.25) is 0 Å². The van der Waals surface area contributed by atoms with Crippen LogP contribution in [-0.4, -0.2) is 19.8 Å². The van der Waals surface area contributed by atoms with Gasteiger partial charge in [-0.05, 0) is 36.5 Å². The molecule has 0 spiro atoms. The maximum atomic E-state index is 5.77.